The molecule has 2 N–H and O–H groups in total. The minimum atomic E-state index is -4.50. The zero-order chi connectivity index (χ0) is 12.3. The molecular formula is C10H11F4NO. The third-order valence-corrected chi connectivity index (χ3v) is 2.07. The summed E-state index contributed by atoms with van der Waals surface area (Å²) in [4.78, 5) is 0. The minimum absolute atomic E-state index is 0.0434. The number of nitrogens with two attached hydrogens (primary N) is 1. The molecule has 6 heteroatoms. The molecule has 1 atom stereocenters. The summed E-state index contributed by atoms with van der Waals surface area (Å²) in [5.74, 6) is -0.766. The van der Waals surface area contributed by atoms with Crippen molar-refractivity contribution in [3.63, 3.8) is 0 Å². The molecule has 0 spiro atoms. The first-order chi connectivity index (χ1) is 7.36. The Morgan fingerprint density at radius 2 is 2.00 bits per heavy atom. The zero-order valence-corrected chi connectivity index (χ0v) is 8.51. The molecule has 0 unspecified atom stereocenters. The first-order valence-corrected chi connectivity index (χ1v) is 4.47. The van der Waals surface area contributed by atoms with Crippen LogP contribution < -0.4 is 5.73 Å². The fourth-order valence-corrected chi connectivity index (χ4v) is 1.27. The standard InChI is InChI=1S/C10H11F4NO/c1-16-5-9(15)7-4-6(10(12,13)14)2-3-8(7)11/h2-4,9H,5,15H2,1H3/t9-/m0/s1. The van der Waals surface area contributed by atoms with Crippen LogP contribution in [0.1, 0.15) is 17.2 Å². The van der Waals surface area contributed by atoms with Crippen LogP contribution in [0.5, 0.6) is 0 Å². The molecule has 0 saturated heterocycles. The van der Waals surface area contributed by atoms with Gasteiger partial charge in [-0.1, -0.05) is 0 Å². The predicted molar refractivity (Wildman–Crippen MR) is 50.2 cm³/mol. The van der Waals surface area contributed by atoms with Gasteiger partial charge in [0.15, 0.2) is 0 Å². The van der Waals surface area contributed by atoms with Crippen LogP contribution in [-0.4, -0.2) is 13.7 Å². The van der Waals surface area contributed by atoms with Crippen molar-refractivity contribution in [2.45, 2.75) is 12.2 Å². The van der Waals surface area contributed by atoms with Crippen LogP contribution in [0.15, 0.2) is 18.2 Å². The van der Waals surface area contributed by atoms with E-state index in [0.29, 0.717) is 12.1 Å². The van der Waals surface area contributed by atoms with Crippen LogP contribution in [0, 0.1) is 5.82 Å². The number of halogens is 4. The number of rotatable bonds is 3. The normalized spacial score (nSPS) is 13.9. The van der Waals surface area contributed by atoms with Gasteiger partial charge < -0.3 is 10.5 Å². The monoisotopic (exact) mass is 237 g/mol. The number of hydrogen-bond donors (Lipinski definition) is 1. The van der Waals surface area contributed by atoms with E-state index in [9.17, 15) is 17.6 Å². The van der Waals surface area contributed by atoms with E-state index in [0.717, 1.165) is 6.07 Å². The summed E-state index contributed by atoms with van der Waals surface area (Å²) in [6, 6.07) is 1.23. The van der Waals surface area contributed by atoms with E-state index in [4.69, 9.17) is 5.73 Å². The van der Waals surface area contributed by atoms with Gasteiger partial charge in [0.05, 0.1) is 18.2 Å². The molecule has 0 aliphatic carbocycles. The van der Waals surface area contributed by atoms with Crippen LogP contribution in [0.2, 0.25) is 0 Å². The maximum Gasteiger partial charge on any atom is 0.416 e. The fourth-order valence-electron chi connectivity index (χ4n) is 1.27. The van der Waals surface area contributed by atoms with E-state index in [1.165, 1.54) is 7.11 Å². The molecule has 90 valence electrons. The molecule has 0 radical (unpaired) electrons. The molecular weight excluding hydrogens is 226 g/mol. The highest BCUT2D eigenvalue weighted by Crippen LogP contribution is 2.31. The lowest BCUT2D eigenvalue weighted by molar-refractivity contribution is -0.137. The van der Waals surface area contributed by atoms with Gasteiger partial charge in [-0.05, 0) is 18.2 Å². The third-order valence-electron chi connectivity index (χ3n) is 2.07. The lowest BCUT2D eigenvalue weighted by Crippen LogP contribution is -2.18. The van der Waals surface area contributed by atoms with E-state index in [-0.39, 0.29) is 12.2 Å². The van der Waals surface area contributed by atoms with E-state index in [2.05, 4.69) is 4.74 Å². The van der Waals surface area contributed by atoms with E-state index < -0.39 is 23.6 Å². The highest BCUT2D eigenvalue weighted by Gasteiger charge is 2.31. The van der Waals surface area contributed by atoms with Crippen molar-refractivity contribution in [3.05, 3.63) is 35.1 Å². The lowest BCUT2D eigenvalue weighted by Gasteiger charge is -2.14. The summed E-state index contributed by atoms with van der Waals surface area (Å²) in [6.45, 7) is -0.0434. The van der Waals surface area contributed by atoms with Gasteiger partial charge >= 0.3 is 6.18 Å². The highest BCUT2D eigenvalue weighted by atomic mass is 19.4. The minimum Gasteiger partial charge on any atom is -0.383 e. The molecule has 0 aromatic heterocycles. The summed E-state index contributed by atoms with van der Waals surface area (Å²) in [6.07, 6.45) is -4.50. The highest BCUT2D eigenvalue weighted by molar-refractivity contribution is 5.29. The second-order valence-electron chi connectivity index (χ2n) is 3.30. The molecule has 1 rings (SSSR count). The van der Waals surface area contributed by atoms with Crippen LogP contribution in [-0.2, 0) is 10.9 Å². The van der Waals surface area contributed by atoms with Gasteiger partial charge in [-0.2, -0.15) is 13.2 Å². The number of hydrogen-bond acceptors (Lipinski definition) is 2. The average Bonchev–Trinajstić information content (AvgIpc) is 2.16. The third kappa shape index (κ3) is 2.93. The van der Waals surface area contributed by atoms with Crippen LogP contribution in [0.4, 0.5) is 17.6 Å². The Morgan fingerprint density at radius 1 is 1.38 bits per heavy atom. The topological polar surface area (TPSA) is 35.2 Å². The van der Waals surface area contributed by atoms with Crippen molar-refractivity contribution >= 4 is 0 Å². The molecule has 0 aliphatic heterocycles. The van der Waals surface area contributed by atoms with Crippen molar-refractivity contribution in [3.8, 4) is 0 Å². The van der Waals surface area contributed by atoms with Crippen molar-refractivity contribution in [2.24, 2.45) is 5.73 Å². The number of alkyl halides is 3. The van der Waals surface area contributed by atoms with Gasteiger partial charge in [-0.3, -0.25) is 0 Å². The van der Waals surface area contributed by atoms with Gasteiger partial charge in [0.1, 0.15) is 5.82 Å². The first-order valence-electron chi connectivity index (χ1n) is 4.47. The van der Waals surface area contributed by atoms with Gasteiger partial charge in [-0.15, -0.1) is 0 Å². The summed E-state index contributed by atoms with van der Waals surface area (Å²) in [7, 11) is 1.34. The molecule has 2 nitrogen and oxygen atoms in total. The Kier molecular flexibility index (Phi) is 3.88. The van der Waals surface area contributed by atoms with Gasteiger partial charge in [-0.25, -0.2) is 4.39 Å². The zero-order valence-electron chi connectivity index (χ0n) is 8.51. The van der Waals surface area contributed by atoms with Crippen molar-refractivity contribution < 1.29 is 22.3 Å². The van der Waals surface area contributed by atoms with Crippen LogP contribution >= 0.6 is 0 Å². The van der Waals surface area contributed by atoms with E-state index in [1.54, 1.807) is 0 Å². The average molecular weight is 237 g/mol. The molecule has 0 aliphatic rings. The quantitative estimate of drug-likeness (QED) is 0.820. The molecule has 16 heavy (non-hydrogen) atoms. The molecule has 0 amide bonds. The maximum atomic E-state index is 13.2. The second kappa shape index (κ2) is 4.80. The van der Waals surface area contributed by atoms with Gasteiger partial charge in [0.2, 0.25) is 0 Å². The Balaban J connectivity index is 3.09. The second-order valence-corrected chi connectivity index (χ2v) is 3.30. The van der Waals surface area contributed by atoms with Crippen LogP contribution in [0.3, 0.4) is 0 Å². The molecule has 0 bridgehead atoms. The van der Waals surface area contributed by atoms with Gasteiger partial charge in [0.25, 0.3) is 0 Å². The Hall–Kier alpha value is -1.14. The molecule has 1 aromatic rings. The summed E-state index contributed by atoms with van der Waals surface area (Å²) >= 11 is 0. The number of benzene rings is 1. The van der Waals surface area contributed by atoms with E-state index in [1.807, 2.05) is 0 Å². The van der Waals surface area contributed by atoms with Crippen LogP contribution in [0.25, 0.3) is 0 Å². The molecule has 0 fully saturated rings. The fraction of sp³-hybridized carbons (Fsp3) is 0.400. The van der Waals surface area contributed by atoms with Crippen molar-refractivity contribution in [2.75, 3.05) is 13.7 Å². The van der Waals surface area contributed by atoms with E-state index >= 15 is 0 Å². The lowest BCUT2D eigenvalue weighted by atomic mass is 10.0. The SMILES string of the molecule is COC[C@H](N)c1cc(C(F)(F)F)ccc1F. The van der Waals surface area contributed by atoms with Crippen molar-refractivity contribution in [1.82, 2.24) is 0 Å². The van der Waals surface area contributed by atoms with Gasteiger partial charge in [0, 0.05) is 12.7 Å². The number of ether oxygens (including phenoxy) is 1. The summed E-state index contributed by atoms with van der Waals surface area (Å²) < 4.78 is 55.0. The molecule has 0 saturated carbocycles. The molecule has 0 heterocycles. The smallest absolute Gasteiger partial charge is 0.383 e. The summed E-state index contributed by atoms with van der Waals surface area (Å²) in [5, 5.41) is 0. The Labute approximate surface area is 90.0 Å². The Bertz CT molecular complexity index is 364. The predicted octanol–water partition coefficient (Wildman–Crippen LogP) is 2.49. The van der Waals surface area contributed by atoms with Crippen molar-refractivity contribution in [1.29, 1.82) is 0 Å². The molecule has 1 aromatic carbocycles. The summed E-state index contributed by atoms with van der Waals surface area (Å²) in [5.41, 5.74) is 4.37. The largest absolute Gasteiger partial charge is 0.416 e. The maximum absolute atomic E-state index is 13.2. The Morgan fingerprint density at radius 3 is 2.50 bits per heavy atom. The first kappa shape index (κ1) is 12.9. The number of methoxy groups -OCH3 is 1.